The largest absolute Gasteiger partial charge is 0.497 e. The molecule has 26 heavy (non-hydrogen) atoms. The quantitative estimate of drug-likeness (QED) is 0.809. The summed E-state index contributed by atoms with van der Waals surface area (Å²) in [5.41, 5.74) is 2.19. The predicted molar refractivity (Wildman–Crippen MR) is 104 cm³/mol. The molecule has 3 rings (SSSR count). The standard InChI is InChI=1S/C21H30N2O3/c1-5-23-19-11-15(26-4)9-10-16(19)17(20(23)21(24)25)12-22-18-8-6-7-13(2)14(18)3/h9-11,13-14,18,22H,5-8,12H2,1-4H3,(H,24,25)/t13-,14-,18+/m0/s1. The summed E-state index contributed by atoms with van der Waals surface area (Å²) < 4.78 is 7.22. The average Bonchev–Trinajstić information content (AvgIpc) is 2.95. The first-order chi connectivity index (χ1) is 12.5. The lowest BCUT2D eigenvalue weighted by Crippen LogP contribution is -2.40. The van der Waals surface area contributed by atoms with Crippen LogP contribution in [0, 0.1) is 11.8 Å². The Hall–Kier alpha value is -2.01. The topological polar surface area (TPSA) is 63.5 Å². The lowest BCUT2D eigenvalue weighted by Gasteiger charge is -2.34. The van der Waals surface area contributed by atoms with Crippen molar-refractivity contribution >= 4 is 16.9 Å². The van der Waals surface area contributed by atoms with Crippen molar-refractivity contribution in [3.63, 3.8) is 0 Å². The molecule has 1 saturated carbocycles. The fourth-order valence-electron chi connectivity index (χ4n) is 4.38. The average molecular weight is 358 g/mol. The van der Waals surface area contributed by atoms with Gasteiger partial charge in [0.25, 0.3) is 0 Å². The van der Waals surface area contributed by atoms with E-state index in [4.69, 9.17) is 4.74 Å². The van der Waals surface area contributed by atoms with E-state index in [1.54, 1.807) is 7.11 Å². The van der Waals surface area contributed by atoms with Crippen LogP contribution in [0.3, 0.4) is 0 Å². The summed E-state index contributed by atoms with van der Waals surface area (Å²) in [7, 11) is 1.63. The number of carbonyl (C=O) groups is 1. The van der Waals surface area contributed by atoms with Gasteiger partial charge < -0.3 is 19.7 Å². The molecule has 0 spiro atoms. The maximum atomic E-state index is 12.0. The molecule has 0 amide bonds. The molecule has 1 aliphatic carbocycles. The van der Waals surface area contributed by atoms with E-state index in [9.17, 15) is 9.90 Å². The number of hydrogen-bond acceptors (Lipinski definition) is 3. The molecule has 0 radical (unpaired) electrons. The van der Waals surface area contributed by atoms with Gasteiger partial charge in [-0.2, -0.15) is 0 Å². The molecule has 1 aromatic carbocycles. The van der Waals surface area contributed by atoms with Gasteiger partial charge >= 0.3 is 5.97 Å². The highest BCUT2D eigenvalue weighted by atomic mass is 16.5. The highest BCUT2D eigenvalue weighted by Crippen LogP contribution is 2.32. The zero-order valence-electron chi connectivity index (χ0n) is 16.2. The van der Waals surface area contributed by atoms with Gasteiger partial charge in [0, 0.05) is 36.1 Å². The number of rotatable bonds is 6. The fourth-order valence-corrected chi connectivity index (χ4v) is 4.38. The maximum Gasteiger partial charge on any atom is 0.352 e. The molecule has 0 aliphatic heterocycles. The zero-order valence-corrected chi connectivity index (χ0v) is 16.2. The Morgan fingerprint density at radius 1 is 1.35 bits per heavy atom. The number of hydrogen-bond donors (Lipinski definition) is 2. The second-order valence-corrected chi connectivity index (χ2v) is 7.51. The van der Waals surface area contributed by atoms with Crippen molar-refractivity contribution in [3.8, 4) is 5.75 Å². The Labute approximate surface area is 155 Å². The normalized spacial score (nSPS) is 23.3. The van der Waals surface area contributed by atoms with Crippen LogP contribution in [0.1, 0.15) is 56.1 Å². The van der Waals surface area contributed by atoms with Crippen LogP contribution in [0.25, 0.3) is 10.9 Å². The number of methoxy groups -OCH3 is 1. The van der Waals surface area contributed by atoms with Crippen LogP contribution in [-0.4, -0.2) is 28.8 Å². The van der Waals surface area contributed by atoms with Gasteiger partial charge in [0.1, 0.15) is 11.4 Å². The number of aromatic nitrogens is 1. The van der Waals surface area contributed by atoms with E-state index in [-0.39, 0.29) is 0 Å². The van der Waals surface area contributed by atoms with Crippen LogP contribution < -0.4 is 10.1 Å². The molecule has 1 aromatic heterocycles. The second kappa shape index (κ2) is 7.70. The summed E-state index contributed by atoms with van der Waals surface area (Å²) >= 11 is 0. The van der Waals surface area contributed by atoms with E-state index in [1.807, 2.05) is 29.7 Å². The Morgan fingerprint density at radius 2 is 2.12 bits per heavy atom. The molecule has 1 fully saturated rings. The minimum absolute atomic E-state index is 0.389. The van der Waals surface area contributed by atoms with Crippen molar-refractivity contribution < 1.29 is 14.6 Å². The first-order valence-corrected chi connectivity index (χ1v) is 9.63. The van der Waals surface area contributed by atoms with E-state index >= 15 is 0 Å². The van der Waals surface area contributed by atoms with E-state index in [2.05, 4.69) is 19.2 Å². The van der Waals surface area contributed by atoms with Gasteiger partial charge in [0.05, 0.1) is 12.6 Å². The van der Waals surface area contributed by atoms with E-state index in [1.165, 1.54) is 12.8 Å². The summed E-state index contributed by atoms with van der Waals surface area (Å²) in [5.74, 6) is 1.19. The third-order valence-corrected chi connectivity index (χ3v) is 6.14. The van der Waals surface area contributed by atoms with Gasteiger partial charge in [-0.25, -0.2) is 4.79 Å². The van der Waals surface area contributed by atoms with Gasteiger partial charge in [0.15, 0.2) is 0 Å². The Kier molecular flexibility index (Phi) is 5.56. The van der Waals surface area contributed by atoms with Gasteiger partial charge in [0.2, 0.25) is 0 Å². The number of nitrogens with one attached hydrogen (secondary N) is 1. The van der Waals surface area contributed by atoms with E-state index in [0.29, 0.717) is 36.7 Å². The summed E-state index contributed by atoms with van der Waals surface area (Å²) in [6, 6.07) is 6.26. The molecule has 2 aromatic rings. The van der Waals surface area contributed by atoms with Crippen LogP contribution in [0.2, 0.25) is 0 Å². The fraction of sp³-hybridized carbons (Fsp3) is 0.571. The lowest BCUT2D eigenvalue weighted by molar-refractivity contribution is 0.0684. The monoisotopic (exact) mass is 358 g/mol. The van der Waals surface area contributed by atoms with Crippen LogP contribution in [0.5, 0.6) is 5.75 Å². The minimum Gasteiger partial charge on any atom is -0.497 e. The van der Waals surface area contributed by atoms with Gasteiger partial charge in [-0.1, -0.05) is 26.7 Å². The summed E-state index contributed by atoms with van der Waals surface area (Å²) in [4.78, 5) is 12.0. The molecule has 142 valence electrons. The molecule has 0 saturated heterocycles. The summed E-state index contributed by atoms with van der Waals surface area (Å²) in [6.07, 6.45) is 3.69. The first-order valence-electron chi connectivity index (χ1n) is 9.63. The van der Waals surface area contributed by atoms with Crippen molar-refractivity contribution in [2.45, 2.75) is 59.2 Å². The van der Waals surface area contributed by atoms with Crippen molar-refractivity contribution in [3.05, 3.63) is 29.5 Å². The van der Waals surface area contributed by atoms with Crippen molar-refractivity contribution in [1.82, 2.24) is 9.88 Å². The molecule has 0 unspecified atom stereocenters. The second-order valence-electron chi connectivity index (χ2n) is 7.51. The Balaban J connectivity index is 1.98. The van der Waals surface area contributed by atoms with Crippen LogP contribution in [0.15, 0.2) is 18.2 Å². The van der Waals surface area contributed by atoms with Crippen LogP contribution >= 0.6 is 0 Å². The number of aromatic carboxylic acids is 1. The maximum absolute atomic E-state index is 12.0. The molecule has 2 N–H and O–H groups in total. The number of nitrogens with zero attached hydrogens (tertiary/aromatic N) is 1. The minimum atomic E-state index is -0.871. The highest BCUT2D eigenvalue weighted by Gasteiger charge is 2.28. The SMILES string of the molecule is CCn1c(C(=O)O)c(CN[C@@H]2CCC[C@H](C)[C@@H]2C)c2ccc(OC)cc21. The lowest BCUT2D eigenvalue weighted by atomic mass is 9.78. The number of carboxylic acids is 1. The number of fused-ring (bicyclic) bond motifs is 1. The van der Waals surface area contributed by atoms with Gasteiger partial charge in [-0.05, 0) is 37.3 Å². The van der Waals surface area contributed by atoms with Crippen molar-refractivity contribution in [2.24, 2.45) is 11.8 Å². The van der Waals surface area contributed by atoms with Crippen LogP contribution in [0.4, 0.5) is 0 Å². The molecular weight excluding hydrogens is 328 g/mol. The Bertz CT molecular complexity index is 796. The first kappa shape index (κ1) is 18.8. The third-order valence-electron chi connectivity index (χ3n) is 6.14. The highest BCUT2D eigenvalue weighted by molar-refractivity contribution is 5.98. The zero-order chi connectivity index (χ0) is 18.8. The van der Waals surface area contributed by atoms with Crippen molar-refractivity contribution in [1.29, 1.82) is 0 Å². The van der Waals surface area contributed by atoms with Crippen LogP contribution in [-0.2, 0) is 13.1 Å². The van der Waals surface area contributed by atoms with Gasteiger partial charge in [-0.3, -0.25) is 0 Å². The smallest absolute Gasteiger partial charge is 0.352 e. The third kappa shape index (κ3) is 3.32. The van der Waals surface area contributed by atoms with Crippen molar-refractivity contribution in [2.75, 3.05) is 7.11 Å². The molecule has 5 heteroatoms. The van der Waals surface area contributed by atoms with E-state index in [0.717, 1.165) is 28.6 Å². The predicted octanol–water partition coefficient (Wildman–Crippen LogP) is 4.28. The molecule has 0 bridgehead atoms. The summed E-state index contributed by atoms with van der Waals surface area (Å²) in [6.45, 7) is 7.80. The molecule has 1 aliphatic rings. The number of benzene rings is 1. The molecular formula is C21H30N2O3. The Morgan fingerprint density at radius 3 is 2.77 bits per heavy atom. The number of aryl methyl sites for hydroxylation is 1. The molecule has 3 atom stereocenters. The van der Waals surface area contributed by atoms with Gasteiger partial charge in [-0.15, -0.1) is 0 Å². The number of carboxylic acid groups (broad SMARTS) is 1. The number of ether oxygens (including phenoxy) is 1. The summed E-state index contributed by atoms with van der Waals surface area (Å²) in [5, 5.41) is 14.5. The molecule has 5 nitrogen and oxygen atoms in total. The molecule has 1 heterocycles. The van der Waals surface area contributed by atoms with E-state index < -0.39 is 5.97 Å².